The van der Waals surface area contributed by atoms with Gasteiger partial charge in [0.1, 0.15) is 13.2 Å². The Morgan fingerprint density at radius 2 is 0.638 bits per heavy atom. The molecule has 6 heteroatoms. The SMILES string of the molecule is CC/C=C\C/C=C\C/C=C\C/C=C\C/C=C\CC(=O)OC(COC(=O)CCCCCCC/C=C\CCC)COC(=O)CCCCCCCCCCCCCCCCCCCCCCCCCCCC. The molecule has 0 saturated heterocycles. The fourth-order valence-corrected chi connectivity index (χ4v) is 8.35. The predicted molar refractivity (Wildman–Crippen MR) is 298 cm³/mol. The van der Waals surface area contributed by atoms with Gasteiger partial charge < -0.3 is 14.2 Å². The highest BCUT2D eigenvalue weighted by atomic mass is 16.6. The first-order valence-corrected chi connectivity index (χ1v) is 29.4. The first-order valence-electron chi connectivity index (χ1n) is 29.4. The van der Waals surface area contributed by atoms with Gasteiger partial charge in [-0.3, -0.25) is 14.4 Å². The highest BCUT2D eigenvalue weighted by Crippen LogP contribution is 2.17. The molecule has 0 spiro atoms. The average molecular weight is 964 g/mol. The molecule has 69 heavy (non-hydrogen) atoms. The van der Waals surface area contributed by atoms with Crippen molar-refractivity contribution in [3.63, 3.8) is 0 Å². The Balaban J connectivity index is 4.24. The molecule has 0 aromatic heterocycles. The van der Waals surface area contributed by atoms with Crippen LogP contribution in [0.3, 0.4) is 0 Å². The van der Waals surface area contributed by atoms with E-state index in [9.17, 15) is 14.4 Å². The third kappa shape index (κ3) is 55.6. The summed E-state index contributed by atoms with van der Waals surface area (Å²) in [4.78, 5) is 38.0. The van der Waals surface area contributed by atoms with Gasteiger partial charge in [-0.05, 0) is 64.2 Å². The number of ether oxygens (including phenoxy) is 3. The molecule has 0 N–H and O–H groups in total. The standard InChI is InChI=1S/C63H110O6/c1-4-7-10-13-16-19-22-24-26-27-28-29-30-31-32-33-34-35-36-38-39-41-44-47-50-53-56-62(65)68-59-60(58-67-61(64)55-52-49-46-43-21-18-15-12-9-6-3)69-63(66)57-54-51-48-45-42-40-37-25-23-20-17-14-11-8-5-2/h8,11-12,15,17,20,25,37,42,45,51,54,60H,4-7,9-10,13-14,16,18-19,21-24,26-36,38-41,43-44,46-50,52-53,55-59H2,1-3H3/b11-8-,15-12-,20-17-,37-25-,45-42-,54-51-. The molecule has 398 valence electrons. The normalized spacial score (nSPS) is 12.6. The van der Waals surface area contributed by atoms with Crippen molar-refractivity contribution in [2.75, 3.05) is 13.2 Å². The molecule has 0 bridgehead atoms. The lowest BCUT2D eigenvalue weighted by molar-refractivity contribution is -0.166. The van der Waals surface area contributed by atoms with Crippen molar-refractivity contribution in [1.82, 2.24) is 0 Å². The molecule has 0 aromatic carbocycles. The molecule has 0 saturated carbocycles. The highest BCUT2D eigenvalue weighted by Gasteiger charge is 2.19. The average Bonchev–Trinajstić information content (AvgIpc) is 3.35. The molecular weight excluding hydrogens is 853 g/mol. The molecule has 0 aromatic rings. The van der Waals surface area contributed by atoms with Gasteiger partial charge in [-0.25, -0.2) is 0 Å². The second kappa shape index (κ2) is 57.4. The molecule has 0 aliphatic rings. The van der Waals surface area contributed by atoms with Crippen LogP contribution in [0.5, 0.6) is 0 Å². The van der Waals surface area contributed by atoms with E-state index in [0.717, 1.165) is 89.9 Å². The van der Waals surface area contributed by atoms with E-state index in [4.69, 9.17) is 14.2 Å². The van der Waals surface area contributed by atoms with Gasteiger partial charge in [0.05, 0.1) is 6.42 Å². The molecule has 0 radical (unpaired) electrons. The summed E-state index contributed by atoms with van der Waals surface area (Å²) in [5.41, 5.74) is 0. The zero-order chi connectivity index (χ0) is 50.0. The van der Waals surface area contributed by atoms with Gasteiger partial charge in [0.25, 0.3) is 0 Å². The second-order valence-corrected chi connectivity index (χ2v) is 19.5. The van der Waals surface area contributed by atoms with Crippen LogP contribution >= 0.6 is 0 Å². The molecule has 0 aliphatic heterocycles. The van der Waals surface area contributed by atoms with Crippen LogP contribution in [-0.4, -0.2) is 37.2 Å². The van der Waals surface area contributed by atoms with Crippen LogP contribution in [0.2, 0.25) is 0 Å². The van der Waals surface area contributed by atoms with E-state index in [2.05, 4.69) is 81.5 Å². The maximum absolute atomic E-state index is 12.8. The van der Waals surface area contributed by atoms with Crippen LogP contribution in [0, 0.1) is 0 Å². The van der Waals surface area contributed by atoms with Crippen LogP contribution in [0.4, 0.5) is 0 Å². The maximum Gasteiger partial charge on any atom is 0.310 e. The summed E-state index contributed by atoms with van der Waals surface area (Å²) in [6.07, 6.45) is 73.8. The minimum atomic E-state index is -0.831. The first-order chi connectivity index (χ1) is 34.0. The molecule has 0 heterocycles. The maximum atomic E-state index is 12.8. The summed E-state index contributed by atoms with van der Waals surface area (Å²) in [7, 11) is 0. The van der Waals surface area contributed by atoms with E-state index < -0.39 is 12.1 Å². The zero-order valence-electron chi connectivity index (χ0n) is 45.6. The Hall–Kier alpha value is -3.15. The second-order valence-electron chi connectivity index (χ2n) is 19.5. The van der Waals surface area contributed by atoms with Gasteiger partial charge in [-0.2, -0.15) is 0 Å². The Morgan fingerprint density at radius 3 is 1.00 bits per heavy atom. The van der Waals surface area contributed by atoms with Gasteiger partial charge in [0, 0.05) is 12.8 Å². The fourth-order valence-electron chi connectivity index (χ4n) is 8.35. The number of hydrogen-bond donors (Lipinski definition) is 0. The summed E-state index contributed by atoms with van der Waals surface area (Å²) >= 11 is 0. The Labute approximate surface area is 427 Å². The van der Waals surface area contributed by atoms with Crippen LogP contribution in [0.25, 0.3) is 0 Å². The predicted octanol–water partition coefficient (Wildman–Crippen LogP) is 19.8. The van der Waals surface area contributed by atoms with E-state index in [1.165, 1.54) is 161 Å². The number of carbonyl (C=O) groups is 3. The fraction of sp³-hybridized carbons (Fsp3) is 0.762. The number of hydrogen-bond acceptors (Lipinski definition) is 6. The molecule has 0 aliphatic carbocycles. The Kier molecular flexibility index (Phi) is 54.8. The molecule has 0 rings (SSSR count). The molecule has 1 unspecified atom stereocenters. The number of carbonyl (C=O) groups excluding carboxylic acids is 3. The van der Waals surface area contributed by atoms with Crippen molar-refractivity contribution >= 4 is 17.9 Å². The van der Waals surface area contributed by atoms with Gasteiger partial charge in [-0.15, -0.1) is 0 Å². The monoisotopic (exact) mass is 963 g/mol. The van der Waals surface area contributed by atoms with E-state index in [0.29, 0.717) is 12.8 Å². The summed E-state index contributed by atoms with van der Waals surface area (Å²) in [5.74, 6) is -1.05. The van der Waals surface area contributed by atoms with E-state index in [1.807, 2.05) is 6.08 Å². The summed E-state index contributed by atoms with van der Waals surface area (Å²) in [6, 6.07) is 0. The summed E-state index contributed by atoms with van der Waals surface area (Å²) in [5, 5.41) is 0. The molecule has 0 fully saturated rings. The number of rotatable bonds is 53. The van der Waals surface area contributed by atoms with Crippen molar-refractivity contribution in [1.29, 1.82) is 0 Å². The number of allylic oxidation sites excluding steroid dienone is 11. The van der Waals surface area contributed by atoms with E-state index in [-0.39, 0.29) is 31.6 Å². The third-order valence-electron chi connectivity index (χ3n) is 12.7. The molecule has 0 amide bonds. The smallest absolute Gasteiger partial charge is 0.310 e. The topological polar surface area (TPSA) is 78.9 Å². The van der Waals surface area contributed by atoms with Crippen LogP contribution in [0.1, 0.15) is 290 Å². The first kappa shape index (κ1) is 65.8. The summed E-state index contributed by atoms with van der Waals surface area (Å²) in [6.45, 7) is 6.40. The third-order valence-corrected chi connectivity index (χ3v) is 12.7. The van der Waals surface area contributed by atoms with Crippen LogP contribution < -0.4 is 0 Å². The number of esters is 3. The minimum Gasteiger partial charge on any atom is -0.462 e. The molecule has 1 atom stereocenters. The van der Waals surface area contributed by atoms with Crippen molar-refractivity contribution in [3.05, 3.63) is 72.9 Å². The van der Waals surface area contributed by atoms with Crippen molar-refractivity contribution in [2.45, 2.75) is 297 Å². The van der Waals surface area contributed by atoms with E-state index >= 15 is 0 Å². The van der Waals surface area contributed by atoms with Crippen molar-refractivity contribution < 1.29 is 28.6 Å². The quantitative estimate of drug-likeness (QED) is 0.0262. The largest absolute Gasteiger partial charge is 0.462 e. The lowest BCUT2D eigenvalue weighted by Crippen LogP contribution is -2.30. The molecule has 6 nitrogen and oxygen atoms in total. The van der Waals surface area contributed by atoms with Crippen molar-refractivity contribution in [2.24, 2.45) is 0 Å². The van der Waals surface area contributed by atoms with Gasteiger partial charge in [-0.1, -0.05) is 280 Å². The summed E-state index contributed by atoms with van der Waals surface area (Å²) < 4.78 is 16.7. The minimum absolute atomic E-state index is 0.0971. The Bertz CT molecular complexity index is 1290. The lowest BCUT2D eigenvalue weighted by atomic mass is 10.0. The van der Waals surface area contributed by atoms with Gasteiger partial charge in [0.2, 0.25) is 0 Å². The Morgan fingerprint density at radius 1 is 0.319 bits per heavy atom. The van der Waals surface area contributed by atoms with Crippen LogP contribution in [0.15, 0.2) is 72.9 Å². The van der Waals surface area contributed by atoms with Gasteiger partial charge >= 0.3 is 17.9 Å². The van der Waals surface area contributed by atoms with Gasteiger partial charge in [0.15, 0.2) is 6.10 Å². The number of unbranched alkanes of at least 4 members (excludes halogenated alkanes) is 31. The van der Waals surface area contributed by atoms with E-state index in [1.54, 1.807) is 6.08 Å². The zero-order valence-corrected chi connectivity index (χ0v) is 45.6. The van der Waals surface area contributed by atoms with Crippen molar-refractivity contribution in [3.8, 4) is 0 Å². The van der Waals surface area contributed by atoms with Crippen LogP contribution in [-0.2, 0) is 28.6 Å². The lowest BCUT2D eigenvalue weighted by Gasteiger charge is -2.18. The highest BCUT2D eigenvalue weighted by molar-refractivity contribution is 5.72. The molecular formula is C63H110O6.